The molecule has 3 N–H and O–H groups in total. The molecular weight excluding hydrogens is 600 g/mol. The van der Waals surface area contributed by atoms with Gasteiger partial charge in [-0.05, 0) is 35.9 Å². The Labute approximate surface area is 255 Å². The largest absolute Gasteiger partial charge is 0.494 e. The molecule has 2 heterocycles. The number of carbonyl (C=O) groups excluding carboxylic acids is 1. The maximum Gasteiger partial charge on any atom is 0.266 e. The van der Waals surface area contributed by atoms with Crippen LogP contribution in [-0.2, 0) is 20.7 Å². The van der Waals surface area contributed by atoms with E-state index in [2.05, 4.69) is 31.7 Å². The van der Waals surface area contributed by atoms with E-state index in [1.165, 1.54) is 0 Å². The lowest BCUT2D eigenvalue weighted by Gasteiger charge is -2.31. The van der Waals surface area contributed by atoms with Crippen LogP contribution in [0.5, 0.6) is 5.75 Å². The van der Waals surface area contributed by atoms with E-state index in [9.17, 15) is 4.79 Å². The third kappa shape index (κ3) is 7.37. The van der Waals surface area contributed by atoms with Gasteiger partial charge in [0.05, 0.1) is 19.8 Å². The predicted molar refractivity (Wildman–Crippen MR) is 164 cm³/mol. The molecule has 42 heavy (non-hydrogen) atoms. The number of hydrazine groups is 1. The summed E-state index contributed by atoms with van der Waals surface area (Å²) in [6, 6.07) is 25.1. The average Bonchev–Trinajstić information content (AvgIpc) is 3.41. The van der Waals surface area contributed by atoms with Crippen molar-refractivity contribution < 1.29 is 24.1 Å². The summed E-state index contributed by atoms with van der Waals surface area (Å²) in [5.41, 5.74) is 7.36. The summed E-state index contributed by atoms with van der Waals surface area (Å²) in [6.07, 6.45) is 0.204. The molecule has 1 fully saturated rings. The van der Waals surface area contributed by atoms with Gasteiger partial charge >= 0.3 is 0 Å². The molecule has 3 aromatic rings. The Kier molecular flexibility index (Phi) is 10.6. The summed E-state index contributed by atoms with van der Waals surface area (Å²) in [5.74, 6) is 0.802. The third-order valence-electron chi connectivity index (χ3n) is 7.39. The first-order valence-electron chi connectivity index (χ1n) is 14.3. The standard InChI is InChI=1S/C32H37BrN4O5/c33-28-10-5-4-9-27(28)29-32(23-24-7-2-1-3-8-24,31(39)36-34-15-16-37-17-21-40-22-18-37)35-30(42-29)25-11-13-26(14-12-25)41-20-6-19-38/h1-5,7-14,29,34,38H,6,15-23H2,(H,36,39)/t29-,32-/m0/s1. The van der Waals surface area contributed by atoms with E-state index in [-0.39, 0.29) is 12.5 Å². The summed E-state index contributed by atoms with van der Waals surface area (Å²) in [6.45, 7) is 5.09. The zero-order valence-corrected chi connectivity index (χ0v) is 25.1. The molecule has 2 aliphatic heterocycles. The first kappa shape index (κ1) is 30.2. The minimum absolute atomic E-state index is 0.0762. The Bertz CT molecular complexity index is 1330. The van der Waals surface area contributed by atoms with Gasteiger partial charge in [0, 0.05) is 61.2 Å². The second-order valence-corrected chi connectivity index (χ2v) is 11.2. The van der Waals surface area contributed by atoms with Crippen molar-refractivity contribution in [3.63, 3.8) is 0 Å². The van der Waals surface area contributed by atoms with Crippen LogP contribution in [0.2, 0.25) is 0 Å². The SMILES string of the molecule is O=C(NNCCN1CCOCC1)[C@@]1(Cc2ccccc2)N=C(c2ccc(OCCCO)cc2)O[C@H]1c1ccccc1Br. The predicted octanol–water partition coefficient (Wildman–Crippen LogP) is 3.66. The fourth-order valence-electron chi connectivity index (χ4n) is 5.14. The van der Waals surface area contributed by atoms with Crippen molar-refractivity contribution in [1.29, 1.82) is 0 Å². The van der Waals surface area contributed by atoms with Crippen LogP contribution < -0.4 is 15.6 Å². The number of aliphatic imine (C=N–C) groups is 1. The number of hydrogen-bond donors (Lipinski definition) is 3. The molecule has 2 atom stereocenters. The molecule has 9 nitrogen and oxygen atoms in total. The number of aliphatic hydroxyl groups excluding tert-OH is 1. The van der Waals surface area contributed by atoms with Gasteiger partial charge in [0.1, 0.15) is 5.75 Å². The molecule has 5 rings (SSSR count). The summed E-state index contributed by atoms with van der Waals surface area (Å²) in [5, 5.41) is 9.04. The molecule has 1 amide bonds. The fraction of sp³-hybridized carbons (Fsp3) is 0.375. The van der Waals surface area contributed by atoms with Gasteiger partial charge in [0.2, 0.25) is 5.90 Å². The molecule has 222 valence electrons. The Hall–Kier alpha value is -3.28. The number of rotatable bonds is 13. The number of halogens is 1. The highest BCUT2D eigenvalue weighted by molar-refractivity contribution is 9.10. The quantitative estimate of drug-likeness (QED) is 0.194. The van der Waals surface area contributed by atoms with Crippen molar-refractivity contribution in [3.8, 4) is 5.75 Å². The highest BCUT2D eigenvalue weighted by atomic mass is 79.9. The van der Waals surface area contributed by atoms with E-state index in [4.69, 9.17) is 24.3 Å². The number of carbonyl (C=O) groups is 1. The number of ether oxygens (including phenoxy) is 3. The lowest BCUT2D eigenvalue weighted by atomic mass is 9.82. The monoisotopic (exact) mass is 636 g/mol. The molecule has 0 radical (unpaired) electrons. The van der Waals surface area contributed by atoms with Crippen molar-refractivity contribution in [3.05, 3.63) is 100 Å². The normalized spacial score (nSPS) is 20.5. The van der Waals surface area contributed by atoms with Gasteiger partial charge in [-0.25, -0.2) is 10.4 Å². The second-order valence-electron chi connectivity index (χ2n) is 10.3. The van der Waals surface area contributed by atoms with Crippen LogP contribution in [0.3, 0.4) is 0 Å². The van der Waals surface area contributed by atoms with Crippen LogP contribution in [0.1, 0.15) is 29.2 Å². The number of benzene rings is 3. The van der Waals surface area contributed by atoms with Gasteiger partial charge < -0.3 is 19.3 Å². The van der Waals surface area contributed by atoms with Gasteiger partial charge in [-0.2, -0.15) is 0 Å². The summed E-state index contributed by atoms with van der Waals surface area (Å²) in [7, 11) is 0. The Morgan fingerprint density at radius 2 is 1.79 bits per heavy atom. The van der Waals surface area contributed by atoms with Gasteiger partial charge in [-0.15, -0.1) is 0 Å². The molecule has 0 bridgehead atoms. The molecule has 0 aromatic heterocycles. The number of nitrogens with one attached hydrogen (secondary N) is 2. The van der Waals surface area contributed by atoms with Crippen LogP contribution in [0.4, 0.5) is 0 Å². The summed E-state index contributed by atoms with van der Waals surface area (Å²) >= 11 is 3.69. The lowest BCUT2D eigenvalue weighted by Crippen LogP contribution is -2.55. The smallest absolute Gasteiger partial charge is 0.266 e. The number of morpholine rings is 1. The molecule has 1 saturated heterocycles. The van der Waals surface area contributed by atoms with E-state index < -0.39 is 11.6 Å². The van der Waals surface area contributed by atoms with Crippen LogP contribution in [0, 0.1) is 0 Å². The first-order chi connectivity index (χ1) is 20.6. The molecule has 0 aliphatic carbocycles. The van der Waals surface area contributed by atoms with Crippen molar-refractivity contribution in [2.24, 2.45) is 4.99 Å². The molecule has 2 aliphatic rings. The van der Waals surface area contributed by atoms with Crippen molar-refractivity contribution in [2.75, 3.05) is 52.6 Å². The van der Waals surface area contributed by atoms with E-state index in [0.717, 1.165) is 54.0 Å². The van der Waals surface area contributed by atoms with E-state index in [1.807, 2.05) is 78.9 Å². The van der Waals surface area contributed by atoms with Crippen molar-refractivity contribution in [1.82, 2.24) is 15.8 Å². The topological polar surface area (TPSA) is 105 Å². The first-order valence-corrected chi connectivity index (χ1v) is 15.1. The minimum Gasteiger partial charge on any atom is -0.494 e. The van der Waals surface area contributed by atoms with Crippen molar-refractivity contribution >= 4 is 27.7 Å². The number of aliphatic hydroxyl groups is 1. The van der Waals surface area contributed by atoms with Gasteiger partial charge in [-0.3, -0.25) is 15.1 Å². The number of nitrogens with zero attached hydrogens (tertiary/aromatic N) is 2. The molecule has 0 spiro atoms. The van der Waals surface area contributed by atoms with Gasteiger partial charge in [-0.1, -0.05) is 64.5 Å². The summed E-state index contributed by atoms with van der Waals surface area (Å²) in [4.78, 5) is 21.6. The number of amides is 1. The number of hydrogen-bond acceptors (Lipinski definition) is 8. The molecule has 3 aromatic carbocycles. The second kappa shape index (κ2) is 14.8. The zero-order chi connectivity index (χ0) is 29.2. The Morgan fingerprint density at radius 1 is 1.05 bits per heavy atom. The van der Waals surface area contributed by atoms with E-state index in [1.54, 1.807) is 0 Å². The van der Waals surface area contributed by atoms with Crippen molar-refractivity contribution in [2.45, 2.75) is 24.5 Å². The maximum atomic E-state index is 14.2. The highest BCUT2D eigenvalue weighted by Crippen LogP contribution is 2.44. The van der Waals surface area contributed by atoms with Crippen LogP contribution >= 0.6 is 15.9 Å². The molecule has 0 saturated carbocycles. The molecule has 10 heteroatoms. The van der Waals surface area contributed by atoms with E-state index >= 15 is 0 Å². The minimum atomic E-state index is -1.29. The van der Waals surface area contributed by atoms with Crippen LogP contribution in [-0.4, -0.2) is 80.0 Å². The lowest BCUT2D eigenvalue weighted by molar-refractivity contribution is -0.130. The molecular formula is C32H37BrN4O5. The molecule has 0 unspecified atom stereocenters. The third-order valence-corrected chi connectivity index (χ3v) is 8.11. The zero-order valence-electron chi connectivity index (χ0n) is 23.5. The maximum absolute atomic E-state index is 14.2. The van der Waals surface area contributed by atoms with E-state index in [0.29, 0.717) is 37.6 Å². The van der Waals surface area contributed by atoms with Crippen LogP contribution in [0.25, 0.3) is 0 Å². The Balaban J connectivity index is 1.45. The average molecular weight is 638 g/mol. The fourth-order valence-corrected chi connectivity index (χ4v) is 5.64. The highest BCUT2D eigenvalue weighted by Gasteiger charge is 2.53. The van der Waals surface area contributed by atoms with Gasteiger partial charge in [0.25, 0.3) is 5.91 Å². The van der Waals surface area contributed by atoms with Gasteiger partial charge in [0.15, 0.2) is 11.6 Å². The van der Waals surface area contributed by atoms with Crippen LogP contribution in [0.15, 0.2) is 88.3 Å². The Morgan fingerprint density at radius 3 is 2.52 bits per heavy atom. The summed E-state index contributed by atoms with van der Waals surface area (Å²) < 4.78 is 18.6.